The molecule has 6 nitrogen and oxygen atoms in total. The molecular weight excluding hydrogens is 295 g/mol. The maximum absolute atomic E-state index is 13.6. The predicted octanol–water partition coefficient (Wildman–Crippen LogP) is 1.57. The Morgan fingerprint density at radius 1 is 1.43 bits per heavy atom. The molecule has 0 aliphatic carbocycles. The molecule has 0 saturated heterocycles. The van der Waals surface area contributed by atoms with E-state index in [1.54, 1.807) is 19.3 Å². The highest BCUT2D eigenvalue weighted by Crippen LogP contribution is 2.29. The standard InChI is InChI=1S/C13H17FN4O2S/c1-8-4-11(14)12(15)9(2)13(8)21(19,20)18(3)7-10-5-16-17-6-10/h4-6H,7,15H2,1-3H3,(H,16,17). The number of nitrogen functional groups attached to an aromatic ring is 1. The Kier molecular flexibility index (Phi) is 4.02. The Hall–Kier alpha value is -1.93. The van der Waals surface area contributed by atoms with E-state index >= 15 is 0 Å². The lowest BCUT2D eigenvalue weighted by Gasteiger charge is -2.20. The van der Waals surface area contributed by atoms with Crippen molar-refractivity contribution in [1.29, 1.82) is 0 Å². The van der Waals surface area contributed by atoms with Crippen LogP contribution in [0, 0.1) is 19.7 Å². The fourth-order valence-electron chi connectivity index (χ4n) is 2.19. The van der Waals surface area contributed by atoms with Crippen molar-refractivity contribution < 1.29 is 12.8 Å². The Balaban J connectivity index is 2.47. The molecule has 0 atom stereocenters. The predicted molar refractivity (Wildman–Crippen MR) is 77.5 cm³/mol. The summed E-state index contributed by atoms with van der Waals surface area (Å²) in [4.78, 5) is 0.0485. The minimum atomic E-state index is -3.77. The number of benzene rings is 1. The van der Waals surface area contributed by atoms with E-state index in [2.05, 4.69) is 10.2 Å². The molecule has 2 aromatic rings. The van der Waals surface area contributed by atoms with Crippen LogP contribution in [0.3, 0.4) is 0 Å². The molecule has 0 unspecified atom stereocenters. The Morgan fingerprint density at radius 3 is 2.67 bits per heavy atom. The second-order valence-electron chi connectivity index (χ2n) is 4.91. The van der Waals surface area contributed by atoms with Gasteiger partial charge in [0.15, 0.2) is 0 Å². The first kappa shape index (κ1) is 15.5. The second-order valence-corrected chi connectivity index (χ2v) is 6.89. The van der Waals surface area contributed by atoms with Gasteiger partial charge in [-0.1, -0.05) is 0 Å². The third-order valence-electron chi connectivity index (χ3n) is 3.33. The van der Waals surface area contributed by atoms with Gasteiger partial charge < -0.3 is 5.73 Å². The number of nitrogens with two attached hydrogens (primary N) is 1. The van der Waals surface area contributed by atoms with Gasteiger partial charge >= 0.3 is 0 Å². The lowest BCUT2D eigenvalue weighted by atomic mass is 10.1. The maximum atomic E-state index is 13.6. The lowest BCUT2D eigenvalue weighted by Crippen LogP contribution is -2.28. The fraction of sp³-hybridized carbons (Fsp3) is 0.308. The molecule has 2 rings (SSSR count). The monoisotopic (exact) mass is 312 g/mol. The van der Waals surface area contributed by atoms with Crippen LogP contribution in [0.15, 0.2) is 23.4 Å². The van der Waals surface area contributed by atoms with Crippen LogP contribution in [0.4, 0.5) is 10.1 Å². The van der Waals surface area contributed by atoms with Crippen LogP contribution in [0.1, 0.15) is 16.7 Å². The molecule has 114 valence electrons. The zero-order valence-corrected chi connectivity index (χ0v) is 12.8. The van der Waals surface area contributed by atoms with Crippen molar-refractivity contribution in [3.8, 4) is 0 Å². The summed E-state index contributed by atoms with van der Waals surface area (Å²) in [5, 5.41) is 6.40. The molecule has 0 spiro atoms. The van der Waals surface area contributed by atoms with Crippen molar-refractivity contribution in [1.82, 2.24) is 14.5 Å². The number of aromatic amines is 1. The molecule has 0 aliphatic rings. The van der Waals surface area contributed by atoms with Gasteiger partial charge in [-0.05, 0) is 31.0 Å². The van der Waals surface area contributed by atoms with E-state index in [1.165, 1.54) is 18.3 Å². The average Bonchev–Trinajstić information content (AvgIpc) is 2.88. The maximum Gasteiger partial charge on any atom is 0.243 e. The van der Waals surface area contributed by atoms with Crippen molar-refractivity contribution in [2.45, 2.75) is 25.3 Å². The van der Waals surface area contributed by atoms with E-state index in [9.17, 15) is 12.8 Å². The van der Waals surface area contributed by atoms with Gasteiger partial charge in [0.2, 0.25) is 10.0 Å². The lowest BCUT2D eigenvalue weighted by molar-refractivity contribution is 0.465. The Bertz CT molecular complexity index is 757. The summed E-state index contributed by atoms with van der Waals surface area (Å²) in [7, 11) is -2.31. The zero-order chi connectivity index (χ0) is 15.8. The molecule has 1 aromatic carbocycles. The zero-order valence-electron chi connectivity index (χ0n) is 12.0. The number of sulfonamides is 1. The summed E-state index contributed by atoms with van der Waals surface area (Å²) in [5.41, 5.74) is 6.76. The molecule has 0 saturated carbocycles. The first-order valence-electron chi connectivity index (χ1n) is 6.24. The number of H-pyrrole nitrogens is 1. The number of nitrogens with zero attached hydrogens (tertiary/aromatic N) is 2. The van der Waals surface area contributed by atoms with Crippen LogP contribution < -0.4 is 5.73 Å². The molecule has 0 fully saturated rings. The van der Waals surface area contributed by atoms with Gasteiger partial charge in [0.25, 0.3) is 0 Å². The molecular formula is C13H17FN4O2S. The number of anilines is 1. The summed E-state index contributed by atoms with van der Waals surface area (Å²) >= 11 is 0. The van der Waals surface area contributed by atoms with Crippen LogP contribution in [-0.2, 0) is 16.6 Å². The van der Waals surface area contributed by atoms with Gasteiger partial charge in [-0.25, -0.2) is 12.8 Å². The summed E-state index contributed by atoms with van der Waals surface area (Å²) in [6.07, 6.45) is 3.16. The first-order valence-corrected chi connectivity index (χ1v) is 7.68. The minimum Gasteiger partial charge on any atom is -0.396 e. The summed E-state index contributed by atoms with van der Waals surface area (Å²) < 4.78 is 40.1. The number of halogens is 1. The highest BCUT2D eigenvalue weighted by atomic mass is 32.2. The normalized spacial score (nSPS) is 12.0. The largest absolute Gasteiger partial charge is 0.396 e. The molecule has 0 radical (unpaired) electrons. The minimum absolute atomic E-state index is 0.0485. The first-order chi connectivity index (χ1) is 9.75. The quantitative estimate of drug-likeness (QED) is 0.838. The van der Waals surface area contributed by atoms with Crippen molar-refractivity contribution >= 4 is 15.7 Å². The van der Waals surface area contributed by atoms with Crippen molar-refractivity contribution in [2.75, 3.05) is 12.8 Å². The highest BCUT2D eigenvalue weighted by molar-refractivity contribution is 7.89. The van der Waals surface area contributed by atoms with E-state index in [4.69, 9.17) is 5.73 Å². The molecule has 1 heterocycles. The summed E-state index contributed by atoms with van der Waals surface area (Å²) in [6.45, 7) is 3.22. The number of rotatable bonds is 4. The van der Waals surface area contributed by atoms with Crippen LogP contribution >= 0.6 is 0 Å². The van der Waals surface area contributed by atoms with Gasteiger partial charge in [-0.3, -0.25) is 5.10 Å². The van der Waals surface area contributed by atoms with E-state index in [-0.39, 0.29) is 22.7 Å². The number of hydrogen-bond donors (Lipinski definition) is 2. The SMILES string of the molecule is Cc1cc(F)c(N)c(C)c1S(=O)(=O)N(C)Cc1cn[nH]c1. The molecule has 1 aromatic heterocycles. The number of nitrogens with one attached hydrogen (secondary N) is 1. The smallest absolute Gasteiger partial charge is 0.243 e. The van der Waals surface area contributed by atoms with E-state index in [0.29, 0.717) is 5.56 Å². The molecule has 3 N–H and O–H groups in total. The summed E-state index contributed by atoms with van der Waals surface area (Å²) in [6, 6.07) is 1.14. The van der Waals surface area contributed by atoms with E-state index in [0.717, 1.165) is 11.6 Å². The number of aryl methyl sites for hydroxylation is 1. The fourth-order valence-corrected chi connectivity index (χ4v) is 3.78. The van der Waals surface area contributed by atoms with Crippen molar-refractivity contribution in [3.05, 3.63) is 41.0 Å². The average molecular weight is 312 g/mol. The topological polar surface area (TPSA) is 92.1 Å². The molecule has 21 heavy (non-hydrogen) atoms. The van der Waals surface area contributed by atoms with Crippen LogP contribution in [0.2, 0.25) is 0 Å². The van der Waals surface area contributed by atoms with E-state index < -0.39 is 15.8 Å². The number of hydrogen-bond acceptors (Lipinski definition) is 4. The van der Waals surface area contributed by atoms with Gasteiger partial charge in [0.1, 0.15) is 5.82 Å². The Labute approximate surface area is 122 Å². The summed E-state index contributed by atoms with van der Waals surface area (Å²) in [5.74, 6) is -0.610. The molecule has 0 bridgehead atoms. The van der Waals surface area contributed by atoms with Crippen molar-refractivity contribution in [3.63, 3.8) is 0 Å². The molecule has 0 aliphatic heterocycles. The highest BCUT2D eigenvalue weighted by Gasteiger charge is 2.27. The van der Waals surface area contributed by atoms with Gasteiger partial charge in [0.05, 0.1) is 16.8 Å². The molecule has 0 amide bonds. The van der Waals surface area contributed by atoms with Gasteiger partial charge in [-0.2, -0.15) is 9.40 Å². The molecule has 8 heteroatoms. The van der Waals surface area contributed by atoms with Crippen LogP contribution in [-0.4, -0.2) is 30.0 Å². The third kappa shape index (κ3) is 2.77. The number of aromatic nitrogens is 2. The second kappa shape index (κ2) is 5.45. The van der Waals surface area contributed by atoms with Gasteiger partial charge in [-0.15, -0.1) is 0 Å². The van der Waals surface area contributed by atoms with E-state index in [1.807, 2.05) is 0 Å². The Morgan fingerprint density at radius 2 is 2.10 bits per heavy atom. The van der Waals surface area contributed by atoms with Gasteiger partial charge in [0, 0.05) is 25.4 Å². The third-order valence-corrected chi connectivity index (χ3v) is 5.43. The van der Waals surface area contributed by atoms with Crippen molar-refractivity contribution in [2.24, 2.45) is 0 Å². The van der Waals surface area contributed by atoms with Crippen LogP contribution in [0.5, 0.6) is 0 Å². The van der Waals surface area contributed by atoms with Crippen LogP contribution in [0.25, 0.3) is 0 Å².